The molecule has 0 aromatic carbocycles. The van der Waals surface area contributed by atoms with E-state index in [-0.39, 0.29) is 5.82 Å². The summed E-state index contributed by atoms with van der Waals surface area (Å²) in [6.45, 7) is 1.31. The maximum absolute atomic E-state index is 14.4. The number of aliphatic hydroxyl groups is 1. The maximum Gasteiger partial charge on any atom is 0.695 e. The molecule has 0 bridgehead atoms. The molecule has 21 heavy (non-hydrogen) atoms. The van der Waals surface area contributed by atoms with Crippen LogP contribution in [0.5, 0.6) is 0 Å². The van der Waals surface area contributed by atoms with Gasteiger partial charge in [-0.3, -0.25) is 4.57 Å². The minimum atomic E-state index is -3.09. The smallest absolute Gasteiger partial charge is 0.391 e. The van der Waals surface area contributed by atoms with E-state index in [1.54, 1.807) is 0 Å². The van der Waals surface area contributed by atoms with Gasteiger partial charge in [-0.05, 0) is 13.0 Å². The largest absolute Gasteiger partial charge is 0.695 e. The molecule has 5 unspecified atom stereocenters. The second kappa shape index (κ2) is 6.12. The Morgan fingerprint density at radius 3 is 2.86 bits per heavy atom. The predicted molar refractivity (Wildman–Crippen MR) is 68.1 cm³/mol. The predicted octanol–water partition coefficient (Wildman–Crippen LogP) is -0.523. The molecule has 4 N–H and O–H groups in total. The highest BCUT2D eigenvalue weighted by atomic mass is 31.1. The minimum absolute atomic E-state index is 0.0389. The van der Waals surface area contributed by atoms with Crippen molar-refractivity contribution in [1.82, 2.24) is 9.55 Å². The molecule has 1 saturated heterocycles. The second-order valence-electron chi connectivity index (χ2n) is 4.53. The van der Waals surface area contributed by atoms with Crippen LogP contribution in [0.1, 0.15) is 13.2 Å². The number of nitrogens with two attached hydrogens (primary N) is 1. The first-order valence-electron chi connectivity index (χ1n) is 5.96. The van der Waals surface area contributed by atoms with Crippen molar-refractivity contribution in [2.24, 2.45) is 0 Å². The van der Waals surface area contributed by atoms with Crippen molar-refractivity contribution in [2.75, 3.05) is 5.73 Å². The number of nitrogens with zero attached hydrogens (tertiary/aromatic N) is 2. The van der Waals surface area contributed by atoms with Crippen molar-refractivity contribution in [1.29, 1.82) is 0 Å². The van der Waals surface area contributed by atoms with Crippen molar-refractivity contribution in [2.45, 2.75) is 37.6 Å². The second-order valence-corrected chi connectivity index (χ2v) is 5.21. The molecule has 9 nitrogen and oxygen atoms in total. The lowest BCUT2D eigenvalue weighted by molar-refractivity contribution is -0.0756. The number of rotatable bonds is 4. The highest BCUT2D eigenvalue weighted by Gasteiger charge is 2.53. The summed E-state index contributed by atoms with van der Waals surface area (Å²) in [6, 6.07) is 1.27. The molecule has 0 aliphatic carbocycles. The number of aromatic nitrogens is 2. The van der Waals surface area contributed by atoms with Crippen LogP contribution in [0.3, 0.4) is 0 Å². The summed E-state index contributed by atoms with van der Waals surface area (Å²) in [4.78, 5) is 23.9. The summed E-state index contributed by atoms with van der Waals surface area (Å²) < 4.78 is 35.8. The number of hydrogen-bond donors (Lipinski definition) is 3. The van der Waals surface area contributed by atoms with Crippen LogP contribution in [0.15, 0.2) is 17.1 Å². The lowest BCUT2D eigenvalue weighted by Crippen LogP contribution is -2.37. The molecule has 6 atom stereocenters. The number of anilines is 1. The van der Waals surface area contributed by atoms with Gasteiger partial charge in [-0.15, -0.1) is 9.42 Å². The lowest BCUT2D eigenvalue weighted by Gasteiger charge is -2.17. The van der Waals surface area contributed by atoms with Gasteiger partial charge in [-0.2, -0.15) is 4.98 Å². The summed E-state index contributed by atoms with van der Waals surface area (Å²) in [5.41, 5.74) is 4.49. The Kier molecular flexibility index (Phi) is 4.64. The summed E-state index contributed by atoms with van der Waals surface area (Å²) in [6.07, 6.45) is -6.08. The fourth-order valence-electron chi connectivity index (χ4n) is 2.11. The van der Waals surface area contributed by atoms with Gasteiger partial charge in [0.1, 0.15) is 11.9 Å². The zero-order valence-electron chi connectivity index (χ0n) is 10.9. The normalized spacial score (nSPS) is 31.1. The Hall–Kier alpha value is -1.45. The molecule has 1 fully saturated rings. The highest BCUT2D eigenvalue weighted by molar-refractivity contribution is 7.32. The Morgan fingerprint density at radius 2 is 2.33 bits per heavy atom. The monoisotopic (exact) mass is 322 g/mol. The van der Waals surface area contributed by atoms with E-state index in [2.05, 4.69) is 9.51 Å². The molecule has 0 spiro atoms. The maximum atomic E-state index is 14.4. The zero-order chi connectivity index (χ0) is 15.7. The van der Waals surface area contributed by atoms with E-state index in [0.717, 1.165) is 4.57 Å². The number of ether oxygens (including phenoxy) is 1. The van der Waals surface area contributed by atoms with Gasteiger partial charge in [-0.1, -0.05) is 0 Å². The molecule has 1 aromatic heterocycles. The molecule has 1 aromatic rings. The van der Waals surface area contributed by atoms with Gasteiger partial charge < -0.3 is 15.6 Å². The van der Waals surface area contributed by atoms with Crippen LogP contribution in [0.4, 0.5) is 10.2 Å². The Balaban J connectivity index is 2.33. The van der Waals surface area contributed by atoms with Crippen LogP contribution >= 0.6 is 8.25 Å². The van der Waals surface area contributed by atoms with E-state index in [9.17, 15) is 18.9 Å². The van der Waals surface area contributed by atoms with Gasteiger partial charge in [0.15, 0.2) is 18.5 Å². The SMILES string of the molecule is C[C@H](O)C1OC(n2ccc(N)nc2=O)C(F)C1O[P+](=O)O. The Labute approximate surface area is 119 Å². The average molecular weight is 322 g/mol. The highest BCUT2D eigenvalue weighted by Crippen LogP contribution is 2.38. The van der Waals surface area contributed by atoms with E-state index in [1.165, 1.54) is 19.2 Å². The van der Waals surface area contributed by atoms with Crippen LogP contribution in [0, 0.1) is 0 Å². The summed E-state index contributed by atoms with van der Waals surface area (Å²) >= 11 is 0. The molecule has 116 valence electrons. The molecule has 2 heterocycles. The Bertz CT molecular complexity index is 596. The van der Waals surface area contributed by atoms with E-state index in [1.807, 2.05) is 0 Å². The molecule has 1 aliphatic heterocycles. The molecule has 2 rings (SSSR count). The first-order valence-corrected chi connectivity index (χ1v) is 7.09. The van der Waals surface area contributed by atoms with E-state index in [4.69, 9.17) is 15.4 Å². The van der Waals surface area contributed by atoms with Crippen LogP contribution in [0.2, 0.25) is 0 Å². The van der Waals surface area contributed by atoms with Crippen molar-refractivity contribution in [3.8, 4) is 0 Å². The average Bonchev–Trinajstić information content (AvgIpc) is 2.67. The number of nitrogen functional groups attached to an aromatic ring is 1. The summed E-state index contributed by atoms with van der Waals surface area (Å²) in [5.74, 6) is -0.0389. The molecule has 0 saturated carbocycles. The number of alkyl halides is 1. The molecule has 0 amide bonds. The third kappa shape index (κ3) is 3.25. The van der Waals surface area contributed by atoms with Gasteiger partial charge in [-0.25, -0.2) is 9.18 Å². The fourth-order valence-corrected chi connectivity index (χ4v) is 2.55. The van der Waals surface area contributed by atoms with Crippen molar-refractivity contribution in [3.63, 3.8) is 0 Å². The van der Waals surface area contributed by atoms with Crippen molar-refractivity contribution in [3.05, 3.63) is 22.7 Å². The third-order valence-electron chi connectivity index (χ3n) is 3.02. The van der Waals surface area contributed by atoms with Gasteiger partial charge in [0.05, 0.1) is 6.10 Å². The van der Waals surface area contributed by atoms with Crippen LogP contribution < -0.4 is 11.4 Å². The first kappa shape index (κ1) is 15.9. The zero-order valence-corrected chi connectivity index (χ0v) is 11.8. The van der Waals surface area contributed by atoms with Gasteiger partial charge in [0.2, 0.25) is 0 Å². The van der Waals surface area contributed by atoms with Crippen LogP contribution in [-0.4, -0.2) is 44.0 Å². The van der Waals surface area contributed by atoms with Crippen molar-refractivity contribution >= 4 is 14.1 Å². The lowest BCUT2D eigenvalue weighted by atomic mass is 10.1. The third-order valence-corrected chi connectivity index (χ3v) is 3.44. The quantitative estimate of drug-likeness (QED) is 0.630. The fraction of sp³-hybridized carbons (Fsp3) is 0.600. The van der Waals surface area contributed by atoms with Gasteiger partial charge >= 0.3 is 13.9 Å². The first-order chi connectivity index (χ1) is 9.81. The summed E-state index contributed by atoms with van der Waals surface area (Å²) in [7, 11) is -3.09. The van der Waals surface area contributed by atoms with Crippen LogP contribution in [-0.2, 0) is 13.8 Å². The van der Waals surface area contributed by atoms with E-state index in [0.29, 0.717) is 0 Å². The number of halogens is 1. The molecule has 1 aliphatic rings. The molecule has 11 heteroatoms. The van der Waals surface area contributed by atoms with Crippen LogP contribution in [0.25, 0.3) is 0 Å². The molecular formula is C10H14FN3O6P+. The minimum Gasteiger partial charge on any atom is -0.391 e. The topological polar surface area (TPSA) is 137 Å². The molecule has 0 radical (unpaired) electrons. The van der Waals surface area contributed by atoms with E-state index >= 15 is 0 Å². The van der Waals surface area contributed by atoms with Crippen molar-refractivity contribution < 1.29 is 28.2 Å². The molecular weight excluding hydrogens is 308 g/mol. The Morgan fingerprint density at radius 1 is 1.67 bits per heavy atom. The van der Waals surface area contributed by atoms with Gasteiger partial charge in [0.25, 0.3) is 0 Å². The van der Waals surface area contributed by atoms with E-state index < -0.39 is 44.7 Å². The number of hydrogen-bond acceptors (Lipinski definition) is 7. The van der Waals surface area contributed by atoms with Gasteiger partial charge in [0, 0.05) is 10.8 Å². The summed E-state index contributed by atoms with van der Waals surface area (Å²) in [5, 5.41) is 9.56. The number of aliphatic hydroxyl groups excluding tert-OH is 1. The standard InChI is InChI=1S/C10H13FN3O6P/c1-4(15)7-8(20-21(17)18)6(11)9(19-7)14-3-2-5(12)13-10(14)16/h2-4,6-9,15H,1H3,(H2-,12,13,16,17,18)/p+1/t4-,6?,7?,8?,9?/m0/s1.